The minimum absolute atomic E-state index is 0.0194. The molecule has 0 amide bonds. The minimum atomic E-state index is -2.95. The van der Waals surface area contributed by atoms with Crippen molar-refractivity contribution >= 4 is 31.8 Å². The van der Waals surface area contributed by atoms with Crippen molar-refractivity contribution in [3.05, 3.63) is 81.6 Å². The molecule has 0 radical (unpaired) electrons. The molecular formula is C40H47N3O9Si. The van der Waals surface area contributed by atoms with Gasteiger partial charge < -0.3 is 28.3 Å². The molecule has 3 aromatic rings. The second-order valence-electron chi connectivity index (χ2n) is 16.8. The molecule has 6 rings (SSSR count). The van der Waals surface area contributed by atoms with Crippen LogP contribution in [0.1, 0.15) is 92.4 Å². The van der Waals surface area contributed by atoms with Gasteiger partial charge in [-0.1, -0.05) is 51.1 Å². The Labute approximate surface area is 310 Å². The Morgan fingerprint density at radius 2 is 1.74 bits per heavy atom. The lowest BCUT2D eigenvalue weighted by Crippen LogP contribution is -2.68. The van der Waals surface area contributed by atoms with Crippen LogP contribution in [0.3, 0.4) is 0 Å². The van der Waals surface area contributed by atoms with E-state index in [0.29, 0.717) is 5.56 Å². The molecule has 1 heterocycles. The van der Waals surface area contributed by atoms with Crippen molar-refractivity contribution in [1.82, 2.24) is 10.1 Å². The second-order valence-corrected chi connectivity index (χ2v) is 21.5. The monoisotopic (exact) mass is 741 g/mol. The number of benzene rings is 2. The maximum Gasteiger partial charge on any atom is 0.514 e. The van der Waals surface area contributed by atoms with E-state index in [9.17, 15) is 15.2 Å². The fourth-order valence-electron chi connectivity index (χ4n) is 7.49. The van der Waals surface area contributed by atoms with Crippen molar-refractivity contribution in [3.8, 4) is 17.7 Å². The standard InChI is InChI=1S/C40H47N3O9Si/c1-38(2,3)50-37(47)49-27-17-16-23(20-41)25-18-24-19-26-31(43(7)8)33-30(36(42-51-33)48-21-22-14-12-11-13-15-22)35(46)40(26,52-53(9,10)39(4,5)6)34(45)28(24)32(44)29(25)27/h11-17,24,26,31,44H,18-19,21H2,1-10H3/t24-,26-,31-,40-/m0/s1. The van der Waals surface area contributed by atoms with E-state index in [0.717, 1.165) is 5.56 Å². The summed E-state index contributed by atoms with van der Waals surface area (Å²) < 4.78 is 30.2. The van der Waals surface area contributed by atoms with Gasteiger partial charge in [0.2, 0.25) is 11.6 Å². The molecule has 1 saturated carbocycles. The Morgan fingerprint density at radius 1 is 1.06 bits per heavy atom. The first kappa shape index (κ1) is 38.0. The highest BCUT2D eigenvalue weighted by molar-refractivity contribution is 6.74. The van der Waals surface area contributed by atoms with Crippen molar-refractivity contribution in [2.45, 2.75) is 96.4 Å². The van der Waals surface area contributed by atoms with Crippen LogP contribution in [0.5, 0.6) is 11.6 Å². The van der Waals surface area contributed by atoms with Gasteiger partial charge in [-0.25, -0.2) is 4.79 Å². The molecule has 4 atom stereocenters. The van der Waals surface area contributed by atoms with Crippen LogP contribution in [-0.2, 0) is 27.0 Å². The van der Waals surface area contributed by atoms with Crippen LogP contribution in [0.15, 0.2) is 52.6 Å². The highest BCUT2D eigenvalue weighted by Gasteiger charge is 2.69. The number of aliphatic hydroxyl groups is 1. The maximum absolute atomic E-state index is 15.6. The van der Waals surface area contributed by atoms with Crippen LogP contribution in [-0.4, -0.2) is 66.5 Å². The number of carbonyl (C=O) groups is 3. The van der Waals surface area contributed by atoms with E-state index in [4.69, 9.17) is 23.2 Å². The molecule has 0 unspecified atom stereocenters. The van der Waals surface area contributed by atoms with Gasteiger partial charge in [0.25, 0.3) is 5.88 Å². The molecule has 280 valence electrons. The van der Waals surface area contributed by atoms with Gasteiger partial charge in [-0.05, 0) is 100 Å². The summed E-state index contributed by atoms with van der Waals surface area (Å²) >= 11 is 0. The molecule has 0 saturated heterocycles. The summed E-state index contributed by atoms with van der Waals surface area (Å²) in [6, 6.07) is 13.8. The van der Waals surface area contributed by atoms with Crippen molar-refractivity contribution in [2.24, 2.45) is 11.8 Å². The molecule has 1 fully saturated rings. The van der Waals surface area contributed by atoms with E-state index in [1.165, 1.54) is 12.1 Å². The van der Waals surface area contributed by atoms with Crippen LogP contribution in [0, 0.1) is 23.2 Å². The van der Waals surface area contributed by atoms with E-state index < -0.39 is 65.9 Å². The van der Waals surface area contributed by atoms with Crippen LogP contribution >= 0.6 is 0 Å². The van der Waals surface area contributed by atoms with Gasteiger partial charge in [-0.3, -0.25) is 14.5 Å². The van der Waals surface area contributed by atoms with Crippen molar-refractivity contribution in [3.63, 3.8) is 0 Å². The van der Waals surface area contributed by atoms with Gasteiger partial charge in [-0.2, -0.15) is 5.26 Å². The molecule has 53 heavy (non-hydrogen) atoms. The van der Waals surface area contributed by atoms with Gasteiger partial charge >= 0.3 is 6.16 Å². The highest BCUT2D eigenvalue weighted by atomic mass is 28.4. The van der Waals surface area contributed by atoms with Gasteiger partial charge in [0.05, 0.1) is 23.2 Å². The predicted octanol–water partition coefficient (Wildman–Crippen LogP) is 7.73. The van der Waals surface area contributed by atoms with Crippen LogP contribution in [0.4, 0.5) is 4.79 Å². The van der Waals surface area contributed by atoms with E-state index in [2.05, 4.69) is 11.2 Å². The lowest BCUT2D eigenvalue weighted by atomic mass is 9.57. The van der Waals surface area contributed by atoms with E-state index >= 15 is 9.59 Å². The first-order chi connectivity index (χ1) is 24.7. The number of ether oxygens (including phenoxy) is 3. The highest BCUT2D eigenvalue weighted by Crippen LogP contribution is 2.59. The Kier molecular flexibility index (Phi) is 9.50. The molecule has 3 aliphatic carbocycles. The zero-order valence-electron chi connectivity index (χ0n) is 31.9. The summed E-state index contributed by atoms with van der Waals surface area (Å²) in [4.78, 5) is 45.7. The number of carbonyl (C=O) groups excluding carboxylic acids is 3. The first-order valence-electron chi connectivity index (χ1n) is 17.7. The van der Waals surface area contributed by atoms with Gasteiger partial charge in [0.15, 0.2) is 19.7 Å². The Morgan fingerprint density at radius 3 is 2.34 bits per heavy atom. The lowest BCUT2D eigenvalue weighted by Gasteiger charge is -2.55. The van der Waals surface area contributed by atoms with Crippen LogP contribution in [0.2, 0.25) is 18.1 Å². The molecule has 0 spiro atoms. The van der Waals surface area contributed by atoms with Gasteiger partial charge in [-0.15, -0.1) is 0 Å². The molecule has 1 N–H and O–H groups in total. The first-order valence-corrected chi connectivity index (χ1v) is 20.7. The summed E-state index contributed by atoms with van der Waals surface area (Å²) in [5.74, 6) is -3.05. The summed E-state index contributed by atoms with van der Waals surface area (Å²) in [7, 11) is 0.725. The zero-order valence-corrected chi connectivity index (χ0v) is 32.9. The number of nitriles is 1. The number of hydrogen-bond acceptors (Lipinski definition) is 12. The van der Waals surface area contributed by atoms with Crippen molar-refractivity contribution in [1.29, 1.82) is 5.26 Å². The number of nitrogens with zero attached hydrogens (tertiary/aromatic N) is 3. The number of rotatable bonds is 7. The number of Topliss-reactive ketones (excluding diaryl/α,β-unsaturated/α-hetero) is 2. The lowest BCUT2D eigenvalue weighted by molar-refractivity contribution is -0.140. The number of fused-ring (bicyclic) bond motifs is 4. The number of hydrogen-bond donors (Lipinski definition) is 1. The third-order valence-electron chi connectivity index (χ3n) is 10.9. The van der Waals surface area contributed by atoms with Crippen LogP contribution in [0.25, 0.3) is 5.76 Å². The molecule has 0 bridgehead atoms. The Balaban J connectivity index is 1.56. The quantitative estimate of drug-likeness (QED) is 0.109. The fourth-order valence-corrected chi connectivity index (χ4v) is 8.94. The number of ketones is 2. The summed E-state index contributed by atoms with van der Waals surface area (Å²) in [5.41, 5.74) is -1.41. The van der Waals surface area contributed by atoms with Crippen molar-refractivity contribution < 1.29 is 42.6 Å². The summed E-state index contributed by atoms with van der Waals surface area (Å²) in [5, 5.41) is 26.1. The van der Waals surface area contributed by atoms with E-state index in [1.807, 2.05) is 83.2 Å². The minimum Gasteiger partial charge on any atom is -0.507 e. The molecule has 1 aromatic heterocycles. The Bertz CT molecular complexity index is 2050. The Hall–Kier alpha value is -4.77. The maximum atomic E-state index is 15.6. The molecule has 13 heteroatoms. The molecule has 0 aliphatic heterocycles. The third kappa shape index (κ3) is 6.47. The summed E-state index contributed by atoms with van der Waals surface area (Å²) in [6.07, 6.45) is -0.641. The smallest absolute Gasteiger partial charge is 0.507 e. The largest absolute Gasteiger partial charge is 0.514 e. The van der Waals surface area contributed by atoms with E-state index in [1.54, 1.807) is 20.8 Å². The van der Waals surface area contributed by atoms with Gasteiger partial charge in [0, 0.05) is 11.5 Å². The average molecular weight is 742 g/mol. The molecule has 3 aliphatic rings. The predicted molar refractivity (Wildman–Crippen MR) is 197 cm³/mol. The molecule has 12 nitrogen and oxygen atoms in total. The molecule has 2 aromatic carbocycles. The fraction of sp³-hybridized carbons (Fsp3) is 0.475. The number of aliphatic hydroxyl groups excluding tert-OH is 1. The topological polar surface area (TPSA) is 161 Å². The summed E-state index contributed by atoms with van der Waals surface area (Å²) in [6.45, 7) is 15.2. The second kappa shape index (κ2) is 13.3. The van der Waals surface area contributed by atoms with Crippen molar-refractivity contribution in [2.75, 3.05) is 14.1 Å². The zero-order chi connectivity index (χ0) is 38.8. The van der Waals surface area contributed by atoms with Gasteiger partial charge in [0.1, 0.15) is 29.3 Å². The number of aromatic nitrogens is 1. The normalized spacial score (nSPS) is 22.7. The third-order valence-corrected chi connectivity index (χ3v) is 15.3. The SMILES string of the molecule is CN(C)[C@@H]1c2onc(OCc3ccccc3)c2C(=O)[C@@]2(O[Si](C)(C)C(C)(C)C)C(=O)C3=C(O)c4c(OC(=O)OC(C)(C)C)ccc(C#N)c4C[C@H]3C[C@@H]12. The van der Waals surface area contributed by atoms with E-state index in [-0.39, 0.29) is 59.1 Å². The molecular weight excluding hydrogens is 695 g/mol. The average Bonchev–Trinajstić information content (AvgIpc) is 3.47. The van der Waals surface area contributed by atoms with Crippen LogP contribution < -0.4 is 9.47 Å².